The van der Waals surface area contributed by atoms with Crippen molar-refractivity contribution in [1.82, 2.24) is 14.6 Å². The summed E-state index contributed by atoms with van der Waals surface area (Å²) < 4.78 is 1.61. The zero-order valence-electron chi connectivity index (χ0n) is 7.98. The van der Waals surface area contributed by atoms with Crippen LogP contribution in [0.3, 0.4) is 0 Å². The monoisotopic (exact) mass is 190 g/mol. The lowest BCUT2D eigenvalue weighted by molar-refractivity contribution is -0.114. The first-order valence-corrected chi connectivity index (χ1v) is 4.25. The van der Waals surface area contributed by atoms with Crippen LogP contribution in [0.2, 0.25) is 0 Å². The number of nitrogens with zero attached hydrogens (tertiary/aromatic N) is 3. The second-order valence-electron chi connectivity index (χ2n) is 3.07. The first kappa shape index (κ1) is 8.68. The number of amides is 1. The second-order valence-corrected chi connectivity index (χ2v) is 3.07. The van der Waals surface area contributed by atoms with Gasteiger partial charge in [0.1, 0.15) is 5.82 Å². The molecule has 2 heterocycles. The molecule has 0 bridgehead atoms. The lowest BCUT2D eigenvalue weighted by Gasteiger charge is -2.03. The number of nitrogens with one attached hydrogen (secondary N) is 1. The van der Waals surface area contributed by atoms with Crippen molar-refractivity contribution >= 4 is 17.4 Å². The predicted molar refractivity (Wildman–Crippen MR) is 52.0 cm³/mol. The molecule has 1 amide bonds. The fourth-order valence-corrected chi connectivity index (χ4v) is 1.28. The molecule has 5 nitrogen and oxygen atoms in total. The van der Waals surface area contributed by atoms with Gasteiger partial charge in [0.05, 0.1) is 6.20 Å². The van der Waals surface area contributed by atoms with E-state index in [2.05, 4.69) is 15.4 Å². The highest BCUT2D eigenvalue weighted by Gasteiger charge is 2.05. The third-order valence-electron chi connectivity index (χ3n) is 1.88. The summed E-state index contributed by atoms with van der Waals surface area (Å²) in [4.78, 5) is 15.0. The van der Waals surface area contributed by atoms with E-state index in [4.69, 9.17) is 0 Å². The minimum absolute atomic E-state index is 0.120. The Kier molecular flexibility index (Phi) is 1.92. The van der Waals surface area contributed by atoms with Crippen molar-refractivity contribution in [2.24, 2.45) is 0 Å². The van der Waals surface area contributed by atoms with Gasteiger partial charge in [-0.05, 0) is 13.0 Å². The Labute approximate surface area is 80.8 Å². The van der Waals surface area contributed by atoms with Crippen LogP contribution in [-0.2, 0) is 4.79 Å². The molecule has 72 valence electrons. The molecule has 0 aliphatic rings. The van der Waals surface area contributed by atoms with Crippen LogP contribution in [0.4, 0.5) is 5.82 Å². The summed E-state index contributed by atoms with van der Waals surface area (Å²) in [7, 11) is 0. The average molecular weight is 190 g/mol. The Morgan fingerprint density at radius 2 is 2.36 bits per heavy atom. The number of rotatable bonds is 1. The molecule has 5 heteroatoms. The number of aromatic nitrogens is 3. The van der Waals surface area contributed by atoms with Gasteiger partial charge in [-0.3, -0.25) is 4.79 Å². The van der Waals surface area contributed by atoms with E-state index in [1.54, 1.807) is 23.0 Å². The van der Waals surface area contributed by atoms with Crippen molar-refractivity contribution < 1.29 is 4.79 Å². The molecule has 0 saturated carbocycles. The smallest absolute Gasteiger partial charge is 0.222 e. The maximum absolute atomic E-state index is 10.9. The summed E-state index contributed by atoms with van der Waals surface area (Å²) in [5.74, 6) is 0.515. The number of hydrogen-bond donors (Lipinski definition) is 1. The van der Waals surface area contributed by atoms with E-state index in [1.165, 1.54) is 6.92 Å². The molecule has 2 aromatic rings. The maximum Gasteiger partial charge on any atom is 0.222 e. The van der Waals surface area contributed by atoms with Crippen LogP contribution in [0.15, 0.2) is 18.5 Å². The highest BCUT2D eigenvalue weighted by atomic mass is 16.1. The minimum atomic E-state index is -0.120. The fraction of sp³-hybridized carbons (Fsp3) is 0.222. The van der Waals surface area contributed by atoms with Crippen LogP contribution < -0.4 is 5.32 Å². The number of fused-ring (bicyclic) bond motifs is 1. The van der Waals surface area contributed by atoms with Crippen molar-refractivity contribution in [2.45, 2.75) is 13.8 Å². The van der Waals surface area contributed by atoms with Gasteiger partial charge in [0.25, 0.3) is 0 Å². The van der Waals surface area contributed by atoms with E-state index in [9.17, 15) is 4.79 Å². The van der Waals surface area contributed by atoms with Crippen molar-refractivity contribution in [3.63, 3.8) is 0 Å². The first-order valence-electron chi connectivity index (χ1n) is 4.25. The standard InChI is InChI=1S/C9H10N4O/c1-6-5-11-13-8(12-7(2)14)3-4-10-9(6)13/h3-5H,1-2H3,(H,12,14). The molecule has 0 atom stereocenters. The lowest BCUT2D eigenvalue weighted by Crippen LogP contribution is -2.10. The summed E-state index contributed by atoms with van der Waals surface area (Å²) in [6, 6.07) is 1.71. The van der Waals surface area contributed by atoms with Crippen LogP contribution in [0.25, 0.3) is 5.65 Å². The minimum Gasteiger partial charge on any atom is -0.311 e. The fourth-order valence-electron chi connectivity index (χ4n) is 1.28. The van der Waals surface area contributed by atoms with E-state index in [0.717, 1.165) is 11.2 Å². The first-order chi connectivity index (χ1) is 6.68. The van der Waals surface area contributed by atoms with Crippen molar-refractivity contribution in [3.05, 3.63) is 24.0 Å². The van der Waals surface area contributed by atoms with Gasteiger partial charge in [0.15, 0.2) is 5.65 Å². The van der Waals surface area contributed by atoms with Gasteiger partial charge in [-0.2, -0.15) is 9.61 Å². The van der Waals surface area contributed by atoms with E-state index < -0.39 is 0 Å². The molecule has 0 aliphatic carbocycles. The van der Waals surface area contributed by atoms with Crippen LogP contribution in [0.1, 0.15) is 12.5 Å². The normalized spacial score (nSPS) is 10.4. The van der Waals surface area contributed by atoms with Gasteiger partial charge in [-0.15, -0.1) is 0 Å². The predicted octanol–water partition coefficient (Wildman–Crippen LogP) is 0.996. The number of anilines is 1. The average Bonchev–Trinajstić information content (AvgIpc) is 2.49. The Morgan fingerprint density at radius 1 is 1.57 bits per heavy atom. The van der Waals surface area contributed by atoms with Gasteiger partial charge in [0, 0.05) is 18.7 Å². The van der Waals surface area contributed by atoms with E-state index >= 15 is 0 Å². The van der Waals surface area contributed by atoms with Crippen molar-refractivity contribution in [1.29, 1.82) is 0 Å². The number of carbonyl (C=O) groups excluding carboxylic acids is 1. The molecule has 0 aromatic carbocycles. The molecule has 2 aromatic heterocycles. The molecule has 0 radical (unpaired) electrons. The molecular formula is C9H10N4O. The second kappa shape index (κ2) is 3.10. The van der Waals surface area contributed by atoms with Crippen LogP contribution in [-0.4, -0.2) is 20.5 Å². The zero-order valence-corrected chi connectivity index (χ0v) is 7.98. The van der Waals surface area contributed by atoms with E-state index in [-0.39, 0.29) is 5.91 Å². The molecule has 0 aliphatic heterocycles. The zero-order chi connectivity index (χ0) is 10.1. The van der Waals surface area contributed by atoms with Crippen molar-refractivity contribution in [3.8, 4) is 0 Å². The van der Waals surface area contributed by atoms with Gasteiger partial charge in [-0.25, -0.2) is 4.98 Å². The SMILES string of the molecule is CC(=O)Nc1ccnc2c(C)cnn12. The summed E-state index contributed by atoms with van der Waals surface area (Å²) in [5.41, 5.74) is 1.74. The molecule has 0 spiro atoms. The summed E-state index contributed by atoms with van der Waals surface area (Å²) in [5, 5.41) is 6.79. The molecule has 14 heavy (non-hydrogen) atoms. The molecular weight excluding hydrogens is 180 g/mol. The molecule has 1 N–H and O–H groups in total. The molecule has 0 unspecified atom stereocenters. The lowest BCUT2D eigenvalue weighted by atomic mass is 10.4. The number of hydrogen-bond acceptors (Lipinski definition) is 3. The molecule has 2 rings (SSSR count). The Bertz CT molecular complexity index is 489. The Morgan fingerprint density at radius 3 is 3.07 bits per heavy atom. The number of aryl methyl sites for hydroxylation is 1. The van der Waals surface area contributed by atoms with Gasteiger partial charge in [-0.1, -0.05) is 0 Å². The topological polar surface area (TPSA) is 59.3 Å². The summed E-state index contributed by atoms with van der Waals surface area (Å²) >= 11 is 0. The largest absolute Gasteiger partial charge is 0.311 e. The highest BCUT2D eigenvalue weighted by Crippen LogP contribution is 2.11. The van der Waals surface area contributed by atoms with E-state index in [0.29, 0.717) is 5.82 Å². The molecule has 0 fully saturated rings. The highest BCUT2D eigenvalue weighted by molar-refractivity contribution is 5.87. The number of carbonyl (C=O) groups is 1. The Hall–Kier alpha value is -1.91. The quantitative estimate of drug-likeness (QED) is 0.729. The van der Waals surface area contributed by atoms with E-state index in [1.807, 2.05) is 6.92 Å². The third kappa shape index (κ3) is 1.32. The van der Waals surface area contributed by atoms with Crippen LogP contribution >= 0.6 is 0 Å². The van der Waals surface area contributed by atoms with Crippen LogP contribution in [0.5, 0.6) is 0 Å². The van der Waals surface area contributed by atoms with Gasteiger partial charge >= 0.3 is 0 Å². The summed E-state index contributed by atoms with van der Waals surface area (Å²) in [6.07, 6.45) is 3.36. The van der Waals surface area contributed by atoms with Crippen LogP contribution in [0, 0.1) is 6.92 Å². The molecule has 0 saturated heterocycles. The van der Waals surface area contributed by atoms with Crippen molar-refractivity contribution in [2.75, 3.05) is 5.32 Å². The Balaban J connectivity index is 2.59. The van der Waals surface area contributed by atoms with Gasteiger partial charge < -0.3 is 5.32 Å². The van der Waals surface area contributed by atoms with Gasteiger partial charge in [0.2, 0.25) is 5.91 Å². The third-order valence-corrected chi connectivity index (χ3v) is 1.88. The summed E-state index contributed by atoms with van der Waals surface area (Å²) in [6.45, 7) is 3.38. The maximum atomic E-state index is 10.9.